The van der Waals surface area contributed by atoms with E-state index in [1.54, 1.807) is 6.07 Å². The van der Waals surface area contributed by atoms with Crippen molar-refractivity contribution in [3.8, 4) is 0 Å². The summed E-state index contributed by atoms with van der Waals surface area (Å²) in [6, 6.07) is 13.8. The third kappa shape index (κ3) is 2.79. The third-order valence-corrected chi connectivity index (χ3v) is 4.03. The molecule has 0 fully saturated rings. The van der Waals surface area contributed by atoms with Gasteiger partial charge >= 0.3 is 0 Å². The maximum Gasteiger partial charge on any atom is 0.147 e. The van der Waals surface area contributed by atoms with E-state index in [0.717, 1.165) is 24.2 Å². The molecule has 1 unspecified atom stereocenters. The first-order valence-electron chi connectivity index (χ1n) is 7.47. The minimum Gasteiger partial charge on any atom is -0.339 e. The predicted molar refractivity (Wildman–Crippen MR) is 85.5 cm³/mol. The van der Waals surface area contributed by atoms with Crippen LogP contribution in [0.4, 0.5) is 15.8 Å². The Kier molecular flexibility index (Phi) is 3.93. The molecular formula is C18H21FN2. The fraction of sp³-hybridized carbons (Fsp3) is 0.333. The van der Waals surface area contributed by atoms with Crippen molar-refractivity contribution in [2.24, 2.45) is 5.92 Å². The lowest BCUT2D eigenvalue weighted by atomic mass is 9.93. The van der Waals surface area contributed by atoms with Crippen LogP contribution in [-0.2, 0) is 13.0 Å². The van der Waals surface area contributed by atoms with Gasteiger partial charge in [-0.2, -0.15) is 0 Å². The molecule has 1 aliphatic rings. The highest BCUT2D eigenvalue weighted by Crippen LogP contribution is 2.36. The van der Waals surface area contributed by atoms with Gasteiger partial charge in [0.15, 0.2) is 0 Å². The lowest BCUT2D eigenvalue weighted by Gasteiger charge is -2.35. The van der Waals surface area contributed by atoms with E-state index in [9.17, 15) is 4.39 Å². The largest absolute Gasteiger partial charge is 0.339 e. The highest BCUT2D eigenvalue weighted by Gasteiger charge is 2.24. The van der Waals surface area contributed by atoms with E-state index in [-0.39, 0.29) is 5.82 Å². The predicted octanol–water partition coefficient (Wildman–Crippen LogP) is 3.88. The molecule has 0 saturated carbocycles. The Labute approximate surface area is 125 Å². The lowest BCUT2D eigenvalue weighted by Crippen LogP contribution is -2.31. The first kappa shape index (κ1) is 14.1. The Bertz CT molecular complexity index is 639. The number of nitrogens with one attached hydrogen (secondary N) is 1. The van der Waals surface area contributed by atoms with Crippen molar-refractivity contribution in [1.29, 1.82) is 0 Å². The van der Waals surface area contributed by atoms with Crippen LogP contribution >= 0.6 is 0 Å². The Hall–Kier alpha value is -1.87. The molecule has 3 heteroatoms. The summed E-state index contributed by atoms with van der Waals surface area (Å²) in [7, 11) is 1.87. The van der Waals surface area contributed by atoms with Crippen LogP contribution in [0.2, 0.25) is 0 Å². The first-order chi connectivity index (χ1) is 10.2. The van der Waals surface area contributed by atoms with Crippen molar-refractivity contribution in [2.45, 2.75) is 19.9 Å². The van der Waals surface area contributed by atoms with Gasteiger partial charge < -0.3 is 10.2 Å². The standard InChI is InChI=1S/C18H21FN2/c1-13-9-15-5-3-4-6-17(15)21(12-13)18-8-7-14(11-20-2)10-16(18)19/h3-8,10,13,20H,9,11-12H2,1-2H3. The number of halogens is 1. The van der Waals surface area contributed by atoms with Gasteiger partial charge in [-0.25, -0.2) is 4.39 Å². The SMILES string of the molecule is CNCc1ccc(N2CC(C)Cc3ccccc32)c(F)c1. The topological polar surface area (TPSA) is 15.3 Å². The zero-order valence-corrected chi connectivity index (χ0v) is 12.6. The van der Waals surface area contributed by atoms with Crippen molar-refractivity contribution >= 4 is 11.4 Å². The molecule has 2 aromatic carbocycles. The quantitative estimate of drug-likeness (QED) is 0.920. The monoisotopic (exact) mass is 284 g/mol. The molecule has 3 rings (SSSR count). The Morgan fingerprint density at radius 2 is 2.00 bits per heavy atom. The molecule has 2 aromatic rings. The molecule has 2 nitrogen and oxygen atoms in total. The molecule has 0 amide bonds. The van der Waals surface area contributed by atoms with Crippen LogP contribution in [0.25, 0.3) is 0 Å². The minimum absolute atomic E-state index is 0.147. The minimum atomic E-state index is -0.147. The summed E-state index contributed by atoms with van der Waals surface area (Å²) in [4.78, 5) is 2.11. The average Bonchev–Trinajstić information content (AvgIpc) is 2.47. The van der Waals surface area contributed by atoms with Gasteiger partial charge in [-0.05, 0) is 48.7 Å². The maximum atomic E-state index is 14.5. The van der Waals surface area contributed by atoms with Crippen LogP contribution < -0.4 is 10.2 Å². The normalized spacial score (nSPS) is 17.7. The summed E-state index contributed by atoms with van der Waals surface area (Å²) < 4.78 is 14.5. The van der Waals surface area contributed by atoms with Gasteiger partial charge in [-0.3, -0.25) is 0 Å². The zero-order chi connectivity index (χ0) is 14.8. The number of anilines is 2. The second kappa shape index (κ2) is 5.86. The van der Waals surface area contributed by atoms with E-state index < -0.39 is 0 Å². The summed E-state index contributed by atoms with van der Waals surface area (Å²) in [6.45, 7) is 3.76. The van der Waals surface area contributed by atoms with Gasteiger partial charge in [0, 0.05) is 18.8 Å². The molecule has 0 spiro atoms. The second-order valence-corrected chi connectivity index (χ2v) is 5.86. The number of para-hydroxylation sites is 1. The molecule has 1 atom stereocenters. The number of fused-ring (bicyclic) bond motifs is 1. The first-order valence-corrected chi connectivity index (χ1v) is 7.47. The zero-order valence-electron chi connectivity index (χ0n) is 12.6. The van der Waals surface area contributed by atoms with Crippen LogP contribution in [0.1, 0.15) is 18.1 Å². The lowest BCUT2D eigenvalue weighted by molar-refractivity contribution is 0.551. The van der Waals surface area contributed by atoms with E-state index in [0.29, 0.717) is 18.2 Å². The summed E-state index contributed by atoms with van der Waals surface area (Å²) in [5.74, 6) is 0.378. The van der Waals surface area contributed by atoms with Crippen LogP contribution in [0.15, 0.2) is 42.5 Å². The summed E-state index contributed by atoms with van der Waals surface area (Å²) >= 11 is 0. The van der Waals surface area contributed by atoms with Gasteiger partial charge in [0.2, 0.25) is 0 Å². The molecule has 1 heterocycles. The van der Waals surface area contributed by atoms with Gasteiger partial charge in [-0.1, -0.05) is 31.2 Å². The van der Waals surface area contributed by atoms with Crippen LogP contribution in [0, 0.1) is 11.7 Å². The third-order valence-electron chi connectivity index (χ3n) is 4.03. The highest BCUT2D eigenvalue weighted by atomic mass is 19.1. The fourth-order valence-electron chi connectivity index (χ4n) is 3.11. The van der Waals surface area contributed by atoms with E-state index in [2.05, 4.69) is 35.3 Å². The molecule has 110 valence electrons. The van der Waals surface area contributed by atoms with Crippen molar-refractivity contribution in [3.05, 3.63) is 59.4 Å². The second-order valence-electron chi connectivity index (χ2n) is 5.86. The van der Waals surface area contributed by atoms with E-state index in [1.807, 2.05) is 25.2 Å². The Morgan fingerprint density at radius 1 is 1.19 bits per heavy atom. The van der Waals surface area contributed by atoms with Crippen molar-refractivity contribution in [2.75, 3.05) is 18.5 Å². The maximum absolute atomic E-state index is 14.5. The van der Waals surface area contributed by atoms with E-state index in [4.69, 9.17) is 0 Å². The molecular weight excluding hydrogens is 263 g/mol. The van der Waals surface area contributed by atoms with Gasteiger partial charge in [-0.15, -0.1) is 0 Å². The number of benzene rings is 2. The molecule has 1 N–H and O–H groups in total. The van der Waals surface area contributed by atoms with Gasteiger partial charge in [0.1, 0.15) is 5.82 Å². The number of hydrogen-bond acceptors (Lipinski definition) is 2. The molecule has 1 aliphatic heterocycles. The van der Waals surface area contributed by atoms with Crippen LogP contribution in [0.5, 0.6) is 0 Å². The van der Waals surface area contributed by atoms with Gasteiger partial charge in [0.25, 0.3) is 0 Å². The average molecular weight is 284 g/mol. The highest BCUT2D eigenvalue weighted by molar-refractivity contribution is 5.68. The smallest absolute Gasteiger partial charge is 0.147 e. The summed E-state index contributed by atoms with van der Waals surface area (Å²) in [5, 5.41) is 3.05. The number of hydrogen-bond donors (Lipinski definition) is 1. The van der Waals surface area contributed by atoms with E-state index >= 15 is 0 Å². The molecule has 0 saturated heterocycles. The van der Waals surface area contributed by atoms with Crippen molar-refractivity contribution in [3.63, 3.8) is 0 Å². The molecule has 0 radical (unpaired) electrons. The van der Waals surface area contributed by atoms with E-state index in [1.165, 1.54) is 5.56 Å². The number of nitrogens with zero attached hydrogens (tertiary/aromatic N) is 1. The Morgan fingerprint density at radius 3 is 2.76 bits per heavy atom. The fourth-order valence-corrected chi connectivity index (χ4v) is 3.11. The Balaban J connectivity index is 2.00. The summed E-state index contributed by atoms with van der Waals surface area (Å²) in [6.07, 6.45) is 1.06. The summed E-state index contributed by atoms with van der Waals surface area (Å²) in [5.41, 5.74) is 4.08. The molecule has 0 aliphatic carbocycles. The molecule has 21 heavy (non-hydrogen) atoms. The number of rotatable bonds is 3. The molecule has 0 bridgehead atoms. The van der Waals surface area contributed by atoms with Crippen molar-refractivity contribution in [1.82, 2.24) is 5.32 Å². The molecule has 0 aromatic heterocycles. The van der Waals surface area contributed by atoms with Crippen LogP contribution in [0.3, 0.4) is 0 Å². The van der Waals surface area contributed by atoms with Crippen LogP contribution in [-0.4, -0.2) is 13.6 Å². The van der Waals surface area contributed by atoms with Gasteiger partial charge in [0.05, 0.1) is 5.69 Å². The van der Waals surface area contributed by atoms with Crippen molar-refractivity contribution < 1.29 is 4.39 Å².